The number of anilines is 1. The van der Waals surface area contributed by atoms with Crippen LogP contribution in [0.15, 0.2) is 30.7 Å². The second-order valence-electron chi connectivity index (χ2n) is 6.58. The van der Waals surface area contributed by atoms with E-state index in [2.05, 4.69) is 35.5 Å². The molecule has 1 unspecified atom stereocenters. The molecule has 0 aliphatic rings. The van der Waals surface area contributed by atoms with Crippen LogP contribution < -0.4 is 5.32 Å². The number of aromatic nitrogens is 7. The summed E-state index contributed by atoms with van der Waals surface area (Å²) in [4.78, 5) is 29.7. The fourth-order valence-corrected chi connectivity index (χ4v) is 2.91. The SMILES string of the molecule is CCOC(=O)c1nc(NC(C)c2ccc(F)cn2)nc2c1ncn2-c1cc(C)[nH]n1. The molecule has 0 fully saturated rings. The van der Waals surface area contributed by atoms with Crippen LogP contribution in [0.25, 0.3) is 17.0 Å². The number of nitrogens with zero attached hydrogens (tertiary/aromatic N) is 6. The third kappa shape index (κ3) is 3.69. The van der Waals surface area contributed by atoms with E-state index in [1.54, 1.807) is 17.6 Å². The van der Waals surface area contributed by atoms with Crippen LogP contribution in [0, 0.1) is 12.7 Å². The number of fused-ring (bicyclic) bond motifs is 1. The highest BCUT2D eigenvalue weighted by Gasteiger charge is 2.22. The minimum absolute atomic E-state index is 0.0367. The molecule has 0 radical (unpaired) electrons. The van der Waals surface area contributed by atoms with Gasteiger partial charge in [-0.1, -0.05) is 0 Å². The molecule has 0 aromatic carbocycles. The van der Waals surface area contributed by atoms with Gasteiger partial charge in [-0.3, -0.25) is 14.6 Å². The molecule has 11 heteroatoms. The second-order valence-corrected chi connectivity index (χ2v) is 6.58. The van der Waals surface area contributed by atoms with Crippen LogP contribution in [0.4, 0.5) is 10.3 Å². The number of carbonyl (C=O) groups is 1. The minimum atomic E-state index is -0.607. The van der Waals surface area contributed by atoms with Crippen LogP contribution in [-0.4, -0.2) is 47.3 Å². The van der Waals surface area contributed by atoms with Gasteiger partial charge >= 0.3 is 5.97 Å². The third-order valence-electron chi connectivity index (χ3n) is 4.34. The minimum Gasteiger partial charge on any atom is -0.461 e. The number of imidazole rings is 1. The number of aryl methyl sites for hydroxylation is 1. The summed E-state index contributed by atoms with van der Waals surface area (Å²) in [6, 6.07) is 4.37. The van der Waals surface area contributed by atoms with Gasteiger partial charge in [0.15, 0.2) is 17.2 Å². The van der Waals surface area contributed by atoms with Gasteiger partial charge < -0.3 is 10.1 Å². The van der Waals surface area contributed by atoms with Gasteiger partial charge in [-0.05, 0) is 32.9 Å². The van der Waals surface area contributed by atoms with Crippen molar-refractivity contribution < 1.29 is 13.9 Å². The summed E-state index contributed by atoms with van der Waals surface area (Å²) < 4.78 is 19.9. The van der Waals surface area contributed by atoms with Crippen molar-refractivity contribution >= 4 is 23.1 Å². The number of esters is 1. The molecule has 2 N–H and O–H groups in total. The highest BCUT2D eigenvalue weighted by atomic mass is 19.1. The lowest BCUT2D eigenvalue weighted by Crippen LogP contribution is -2.15. The first kappa shape index (κ1) is 19.4. The molecule has 0 spiro atoms. The molecule has 154 valence electrons. The fourth-order valence-electron chi connectivity index (χ4n) is 2.91. The largest absolute Gasteiger partial charge is 0.461 e. The Labute approximate surface area is 170 Å². The van der Waals surface area contributed by atoms with Crippen molar-refractivity contribution in [2.24, 2.45) is 0 Å². The van der Waals surface area contributed by atoms with Crippen LogP contribution in [-0.2, 0) is 4.74 Å². The number of hydrogen-bond donors (Lipinski definition) is 2. The zero-order valence-corrected chi connectivity index (χ0v) is 16.5. The first-order chi connectivity index (χ1) is 14.5. The van der Waals surface area contributed by atoms with E-state index < -0.39 is 11.8 Å². The maximum absolute atomic E-state index is 13.2. The van der Waals surface area contributed by atoms with Gasteiger partial charge in [-0.25, -0.2) is 19.2 Å². The van der Waals surface area contributed by atoms with E-state index in [9.17, 15) is 9.18 Å². The summed E-state index contributed by atoms with van der Waals surface area (Å²) in [7, 11) is 0. The lowest BCUT2D eigenvalue weighted by atomic mass is 10.2. The van der Waals surface area contributed by atoms with Crippen molar-refractivity contribution in [2.45, 2.75) is 26.8 Å². The molecule has 0 aliphatic carbocycles. The maximum Gasteiger partial charge on any atom is 0.359 e. The van der Waals surface area contributed by atoms with Crippen molar-refractivity contribution in [3.8, 4) is 5.82 Å². The van der Waals surface area contributed by atoms with Crippen molar-refractivity contribution in [3.63, 3.8) is 0 Å². The summed E-state index contributed by atoms with van der Waals surface area (Å²) in [6.45, 7) is 5.61. The molecule has 4 rings (SSSR count). The standard InChI is InChI=1S/C19H19FN8O2/c1-4-30-18(29)16-15-17(28(9-22-15)14-7-10(2)26-27-14)25-19(24-16)23-11(3)13-6-5-12(20)8-21-13/h5-9,11H,4H2,1-3H3,(H,26,27)(H,23,24,25). The number of rotatable bonds is 6. The van der Waals surface area contributed by atoms with E-state index in [-0.39, 0.29) is 24.3 Å². The van der Waals surface area contributed by atoms with E-state index >= 15 is 0 Å². The number of aromatic amines is 1. The number of H-pyrrole nitrogens is 1. The molecule has 10 nitrogen and oxygen atoms in total. The van der Waals surface area contributed by atoms with Crippen LogP contribution in [0.1, 0.15) is 41.8 Å². The monoisotopic (exact) mass is 410 g/mol. The van der Waals surface area contributed by atoms with Crippen LogP contribution in [0.3, 0.4) is 0 Å². The van der Waals surface area contributed by atoms with E-state index in [0.717, 1.165) is 11.9 Å². The Morgan fingerprint density at radius 2 is 2.17 bits per heavy atom. The van der Waals surface area contributed by atoms with E-state index in [1.807, 2.05) is 19.9 Å². The van der Waals surface area contributed by atoms with E-state index in [1.165, 1.54) is 12.4 Å². The number of ether oxygens (including phenoxy) is 1. The summed E-state index contributed by atoms with van der Waals surface area (Å²) in [5.74, 6) is -0.281. The number of pyridine rings is 1. The summed E-state index contributed by atoms with van der Waals surface area (Å²) in [5, 5.41) is 10.2. The number of carbonyl (C=O) groups excluding carboxylic acids is 1. The predicted molar refractivity (Wildman–Crippen MR) is 106 cm³/mol. The summed E-state index contributed by atoms with van der Waals surface area (Å²) in [6.07, 6.45) is 2.66. The average Bonchev–Trinajstić information content (AvgIpc) is 3.34. The zero-order chi connectivity index (χ0) is 21.3. The third-order valence-corrected chi connectivity index (χ3v) is 4.34. The van der Waals surface area contributed by atoms with Crippen molar-refractivity contribution in [1.29, 1.82) is 0 Å². The van der Waals surface area contributed by atoms with Gasteiger partial charge in [0.25, 0.3) is 0 Å². The molecule has 0 saturated carbocycles. The molecule has 4 aromatic heterocycles. The Bertz CT molecular complexity index is 1200. The number of nitrogens with one attached hydrogen (secondary N) is 2. The lowest BCUT2D eigenvalue weighted by Gasteiger charge is -2.14. The highest BCUT2D eigenvalue weighted by Crippen LogP contribution is 2.23. The Kier molecular flexibility index (Phi) is 5.09. The van der Waals surface area contributed by atoms with Crippen LogP contribution >= 0.6 is 0 Å². The van der Waals surface area contributed by atoms with Crippen molar-refractivity contribution in [1.82, 2.24) is 34.7 Å². The molecule has 30 heavy (non-hydrogen) atoms. The van der Waals surface area contributed by atoms with Gasteiger partial charge in [-0.2, -0.15) is 10.1 Å². The van der Waals surface area contributed by atoms with Gasteiger partial charge in [0, 0.05) is 11.8 Å². The average molecular weight is 410 g/mol. The van der Waals surface area contributed by atoms with Gasteiger partial charge in [0.05, 0.1) is 24.5 Å². The maximum atomic E-state index is 13.2. The van der Waals surface area contributed by atoms with Crippen LogP contribution in [0.2, 0.25) is 0 Å². The van der Waals surface area contributed by atoms with Crippen molar-refractivity contribution in [2.75, 3.05) is 11.9 Å². The topological polar surface area (TPSA) is 123 Å². The molecule has 4 heterocycles. The Balaban J connectivity index is 1.78. The molecular weight excluding hydrogens is 391 g/mol. The molecule has 1 atom stereocenters. The molecule has 0 aliphatic heterocycles. The molecule has 0 saturated heterocycles. The summed E-state index contributed by atoms with van der Waals surface area (Å²) >= 11 is 0. The van der Waals surface area contributed by atoms with Gasteiger partial charge in [-0.15, -0.1) is 0 Å². The first-order valence-corrected chi connectivity index (χ1v) is 9.29. The highest BCUT2D eigenvalue weighted by molar-refractivity contribution is 5.99. The number of hydrogen-bond acceptors (Lipinski definition) is 8. The quantitative estimate of drug-likeness (QED) is 0.465. The van der Waals surface area contributed by atoms with Crippen molar-refractivity contribution in [3.05, 3.63) is 53.6 Å². The normalized spacial score (nSPS) is 12.1. The van der Waals surface area contributed by atoms with E-state index in [4.69, 9.17) is 4.74 Å². The Morgan fingerprint density at radius 3 is 2.83 bits per heavy atom. The molecule has 4 aromatic rings. The second kappa shape index (κ2) is 7.85. The Hall–Kier alpha value is -3.89. The molecular formula is C19H19FN8O2. The first-order valence-electron chi connectivity index (χ1n) is 9.29. The predicted octanol–water partition coefficient (Wildman–Crippen LogP) is 2.73. The van der Waals surface area contributed by atoms with Gasteiger partial charge in [0.1, 0.15) is 17.7 Å². The lowest BCUT2D eigenvalue weighted by molar-refractivity contribution is 0.0522. The zero-order valence-electron chi connectivity index (χ0n) is 16.5. The fraction of sp³-hybridized carbons (Fsp3) is 0.263. The Morgan fingerprint density at radius 1 is 1.33 bits per heavy atom. The molecule has 0 bridgehead atoms. The van der Waals surface area contributed by atoms with Crippen LogP contribution in [0.5, 0.6) is 0 Å². The summed E-state index contributed by atoms with van der Waals surface area (Å²) in [5.41, 5.74) is 2.18. The van der Waals surface area contributed by atoms with Gasteiger partial charge in [0.2, 0.25) is 5.95 Å². The smallest absolute Gasteiger partial charge is 0.359 e. The molecule has 0 amide bonds. The van der Waals surface area contributed by atoms with E-state index in [0.29, 0.717) is 22.7 Å². The number of halogens is 1.